The van der Waals surface area contributed by atoms with E-state index in [1.165, 1.54) is 12.1 Å². The summed E-state index contributed by atoms with van der Waals surface area (Å²) < 4.78 is 36.6. The number of benzene rings is 1. The van der Waals surface area contributed by atoms with Crippen LogP contribution in [0.15, 0.2) is 23.1 Å². The van der Waals surface area contributed by atoms with Gasteiger partial charge >= 0.3 is 0 Å². The molecular formula is C13H18FNO3S. The Balaban J connectivity index is 2.16. The minimum atomic E-state index is -3.34. The number of rotatable bonds is 3. The first-order chi connectivity index (χ1) is 8.86. The fourth-order valence-electron chi connectivity index (χ4n) is 2.29. The van der Waals surface area contributed by atoms with Crippen molar-refractivity contribution in [3.05, 3.63) is 24.0 Å². The Morgan fingerprint density at radius 2 is 1.89 bits per heavy atom. The third-order valence-electron chi connectivity index (χ3n) is 3.42. The van der Waals surface area contributed by atoms with E-state index < -0.39 is 15.7 Å². The van der Waals surface area contributed by atoms with E-state index in [0.29, 0.717) is 12.8 Å². The van der Waals surface area contributed by atoms with Crippen molar-refractivity contribution in [3.63, 3.8) is 0 Å². The number of anilines is 1. The number of hydrogen-bond acceptors (Lipinski definition) is 4. The van der Waals surface area contributed by atoms with Crippen LogP contribution in [-0.2, 0) is 9.84 Å². The van der Waals surface area contributed by atoms with E-state index >= 15 is 0 Å². The molecule has 0 amide bonds. The van der Waals surface area contributed by atoms with E-state index in [0.717, 1.165) is 25.2 Å². The van der Waals surface area contributed by atoms with Gasteiger partial charge in [0.25, 0.3) is 0 Å². The highest BCUT2D eigenvalue weighted by Crippen LogP contribution is 2.25. The molecule has 2 N–H and O–H groups in total. The van der Waals surface area contributed by atoms with Gasteiger partial charge in [0.05, 0.1) is 16.7 Å². The third kappa shape index (κ3) is 3.67. The van der Waals surface area contributed by atoms with Crippen molar-refractivity contribution >= 4 is 15.5 Å². The summed E-state index contributed by atoms with van der Waals surface area (Å²) in [7, 11) is -3.34. The van der Waals surface area contributed by atoms with Crippen LogP contribution in [0.4, 0.5) is 10.1 Å². The molecule has 106 valence electrons. The van der Waals surface area contributed by atoms with Gasteiger partial charge in [0.1, 0.15) is 5.82 Å². The van der Waals surface area contributed by atoms with Crippen molar-refractivity contribution in [1.82, 2.24) is 0 Å². The lowest BCUT2D eigenvalue weighted by Crippen LogP contribution is -2.28. The molecular weight excluding hydrogens is 269 g/mol. The molecule has 0 aliphatic heterocycles. The maximum atomic E-state index is 13.7. The van der Waals surface area contributed by atoms with E-state index in [-0.39, 0.29) is 22.7 Å². The minimum Gasteiger partial charge on any atom is -0.393 e. The second-order valence-corrected chi connectivity index (χ2v) is 7.08. The van der Waals surface area contributed by atoms with Crippen LogP contribution < -0.4 is 5.32 Å². The summed E-state index contributed by atoms with van der Waals surface area (Å²) in [4.78, 5) is 0.104. The summed E-state index contributed by atoms with van der Waals surface area (Å²) in [5.41, 5.74) is 0.212. The quantitative estimate of drug-likeness (QED) is 0.834. The smallest absolute Gasteiger partial charge is 0.175 e. The first kappa shape index (κ1) is 14.3. The van der Waals surface area contributed by atoms with Gasteiger partial charge in [-0.05, 0) is 43.9 Å². The van der Waals surface area contributed by atoms with Crippen LogP contribution in [0.25, 0.3) is 0 Å². The summed E-state index contributed by atoms with van der Waals surface area (Å²) in [5, 5.41) is 12.4. The molecule has 1 aliphatic carbocycles. The molecule has 4 nitrogen and oxygen atoms in total. The van der Waals surface area contributed by atoms with E-state index in [2.05, 4.69) is 5.32 Å². The number of halogens is 1. The molecule has 19 heavy (non-hydrogen) atoms. The normalized spacial score (nSPS) is 24.2. The fraction of sp³-hybridized carbons (Fsp3) is 0.538. The van der Waals surface area contributed by atoms with Crippen LogP contribution in [0.5, 0.6) is 0 Å². The van der Waals surface area contributed by atoms with Crippen molar-refractivity contribution in [2.24, 2.45) is 0 Å². The van der Waals surface area contributed by atoms with Crippen molar-refractivity contribution < 1.29 is 17.9 Å². The van der Waals surface area contributed by atoms with Gasteiger partial charge in [-0.3, -0.25) is 0 Å². The van der Waals surface area contributed by atoms with Crippen molar-refractivity contribution in [3.8, 4) is 0 Å². The van der Waals surface area contributed by atoms with Crippen LogP contribution in [0.1, 0.15) is 25.7 Å². The van der Waals surface area contributed by atoms with Gasteiger partial charge in [0.15, 0.2) is 9.84 Å². The fourth-order valence-corrected chi connectivity index (χ4v) is 2.93. The Kier molecular flexibility index (Phi) is 4.10. The van der Waals surface area contributed by atoms with Crippen molar-refractivity contribution in [1.29, 1.82) is 0 Å². The van der Waals surface area contributed by atoms with Gasteiger partial charge in [-0.1, -0.05) is 0 Å². The van der Waals surface area contributed by atoms with E-state index in [1.54, 1.807) is 0 Å². The molecule has 1 saturated carbocycles. The lowest BCUT2D eigenvalue weighted by Gasteiger charge is -2.27. The number of nitrogens with one attached hydrogen (secondary N) is 1. The minimum absolute atomic E-state index is 0.0766. The molecule has 2 rings (SSSR count). The molecule has 0 bridgehead atoms. The number of sulfone groups is 1. The van der Waals surface area contributed by atoms with E-state index in [9.17, 15) is 17.9 Å². The molecule has 0 radical (unpaired) electrons. The highest BCUT2D eigenvalue weighted by Gasteiger charge is 2.20. The van der Waals surface area contributed by atoms with Crippen LogP contribution in [0, 0.1) is 5.82 Å². The maximum absolute atomic E-state index is 13.7. The Morgan fingerprint density at radius 1 is 1.26 bits per heavy atom. The molecule has 1 aromatic carbocycles. The highest BCUT2D eigenvalue weighted by atomic mass is 32.2. The van der Waals surface area contributed by atoms with Gasteiger partial charge in [0, 0.05) is 12.3 Å². The first-order valence-corrected chi connectivity index (χ1v) is 8.19. The van der Waals surface area contributed by atoms with Crippen LogP contribution in [0.3, 0.4) is 0 Å². The van der Waals surface area contributed by atoms with Crippen molar-refractivity contribution in [2.45, 2.75) is 42.7 Å². The summed E-state index contributed by atoms with van der Waals surface area (Å²) in [6.45, 7) is 0. The zero-order valence-corrected chi connectivity index (χ0v) is 11.6. The first-order valence-electron chi connectivity index (χ1n) is 6.30. The summed E-state index contributed by atoms with van der Waals surface area (Å²) in [6.07, 6.45) is 3.70. The highest BCUT2D eigenvalue weighted by molar-refractivity contribution is 7.90. The predicted octanol–water partition coefficient (Wildman–Crippen LogP) is 1.94. The zero-order valence-electron chi connectivity index (χ0n) is 10.8. The lowest BCUT2D eigenvalue weighted by atomic mass is 9.93. The molecule has 1 fully saturated rings. The average Bonchev–Trinajstić information content (AvgIpc) is 2.33. The maximum Gasteiger partial charge on any atom is 0.175 e. The molecule has 0 spiro atoms. The Labute approximate surface area is 112 Å². The Hall–Kier alpha value is -1.14. The summed E-state index contributed by atoms with van der Waals surface area (Å²) in [5.74, 6) is -0.460. The largest absolute Gasteiger partial charge is 0.393 e. The molecule has 6 heteroatoms. The lowest BCUT2D eigenvalue weighted by molar-refractivity contribution is 0.126. The van der Waals surface area contributed by atoms with Gasteiger partial charge < -0.3 is 10.4 Å². The number of aliphatic hydroxyl groups excluding tert-OH is 1. The van der Waals surface area contributed by atoms with Crippen LogP contribution >= 0.6 is 0 Å². The SMILES string of the molecule is CS(=O)(=O)c1ccc(F)c(NC2CCC(O)CC2)c1. The second kappa shape index (κ2) is 5.46. The van der Waals surface area contributed by atoms with E-state index in [4.69, 9.17) is 0 Å². The van der Waals surface area contributed by atoms with Gasteiger partial charge in [0.2, 0.25) is 0 Å². The Bertz CT molecular complexity index is 551. The van der Waals surface area contributed by atoms with Gasteiger partial charge in [-0.2, -0.15) is 0 Å². The zero-order chi connectivity index (χ0) is 14.0. The third-order valence-corrected chi connectivity index (χ3v) is 4.53. The van der Waals surface area contributed by atoms with Crippen LogP contribution in [0.2, 0.25) is 0 Å². The topological polar surface area (TPSA) is 66.4 Å². The summed E-state index contributed by atoms with van der Waals surface area (Å²) >= 11 is 0. The average molecular weight is 287 g/mol. The molecule has 0 aromatic heterocycles. The molecule has 0 saturated heterocycles. The molecule has 0 heterocycles. The Morgan fingerprint density at radius 3 is 2.47 bits per heavy atom. The molecule has 0 atom stereocenters. The number of hydrogen-bond donors (Lipinski definition) is 2. The van der Waals surface area contributed by atoms with Crippen molar-refractivity contribution in [2.75, 3.05) is 11.6 Å². The van der Waals surface area contributed by atoms with Gasteiger partial charge in [-0.25, -0.2) is 12.8 Å². The molecule has 0 unspecified atom stereocenters. The standard InChI is InChI=1S/C13H18FNO3S/c1-19(17,18)11-6-7-12(14)13(8-11)15-9-2-4-10(16)5-3-9/h6-10,15-16H,2-5H2,1H3. The number of aliphatic hydroxyl groups is 1. The summed E-state index contributed by atoms with van der Waals surface area (Å²) in [6, 6.07) is 3.83. The second-order valence-electron chi connectivity index (χ2n) is 5.06. The van der Waals surface area contributed by atoms with Crippen LogP contribution in [-0.4, -0.2) is 31.9 Å². The molecule has 1 aromatic rings. The van der Waals surface area contributed by atoms with Gasteiger partial charge in [-0.15, -0.1) is 0 Å². The predicted molar refractivity (Wildman–Crippen MR) is 71.4 cm³/mol. The monoisotopic (exact) mass is 287 g/mol. The molecule has 1 aliphatic rings. The van der Waals surface area contributed by atoms with E-state index in [1.807, 2.05) is 0 Å².